The van der Waals surface area contributed by atoms with Gasteiger partial charge in [0.25, 0.3) is 0 Å². The number of amides is 1. The van der Waals surface area contributed by atoms with Gasteiger partial charge >= 0.3 is 0 Å². The largest absolute Gasteiger partial charge is 0.378 e. The van der Waals surface area contributed by atoms with Crippen molar-refractivity contribution in [3.8, 4) is 0 Å². The first-order chi connectivity index (χ1) is 10.3. The minimum Gasteiger partial charge on any atom is -0.378 e. The van der Waals surface area contributed by atoms with E-state index in [1.54, 1.807) is 0 Å². The number of benzene rings is 1. The van der Waals surface area contributed by atoms with E-state index < -0.39 is 5.54 Å². The second kappa shape index (κ2) is 5.32. The highest BCUT2D eigenvalue weighted by atomic mass is 79.9. The van der Waals surface area contributed by atoms with E-state index >= 15 is 0 Å². The minimum atomic E-state index is -0.850. The molecule has 2 N–H and O–H groups in total. The summed E-state index contributed by atoms with van der Waals surface area (Å²) in [6.07, 6.45) is 1.53. The third kappa shape index (κ3) is 2.14. The molecule has 0 saturated heterocycles. The number of anilines is 1. The number of rotatable bonds is 3. The zero-order chi connectivity index (χ0) is 16.1. The Bertz CT molecular complexity index is 617. The molecule has 1 saturated carbocycles. The van der Waals surface area contributed by atoms with Crippen LogP contribution in [0.25, 0.3) is 0 Å². The van der Waals surface area contributed by atoms with Gasteiger partial charge in [-0.1, -0.05) is 35.8 Å². The molecule has 1 fully saturated rings. The maximum atomic E-state index is 13.1. The fourth-order valence-electron chi connectivity index (χ4n) is 3.60. The summed E-state index contributed by atoms with van der Waals surface area (Å²) in [7, 11) is 0. The highest BCUT2D eigenvalue weighted by Gasteiger charge is 2.64. The van der Waals surface area contributed by atoms with E-state index in [1.807, 2.05) is 37.8 Å². The number of ether oxygens (including phenoxy) is 1. The third-order valence-electron chi connectivity index (χ3n) is 5.40. The predicted octanol–water partition coefficient (Wildman–Crippen LogP) is 2.87. The molecule has 1 aromatic rings. The molecule has 1 aliphatic heterocycles. The lowest BCUT2D eigenvalue weighted by atomic mass is 9.54. The Morgan fingerprint density at radius 3 is 2.86 bits per heavy atom. The predicted molar refractivity (Wildman–Crippen MR) is 90.9 cm³/mol. The zero-order valence-corrected chi connectivity index (χ0v) is 14.9. The van der Waals surface area contributed by atoms with E-state index in [1.165, 1.54) is 5.56 Å². The fraction of sp³-hybridized carbons (Fsp3) is 0.588. The molecular formula is C17H23BrN2O2. The van der Waals surface area contributed by atoms with Gasteiger partial charge in [-0.3, -0.25) is 4.79 Å². The van der Waals surface area contributed by atoms with Gasteiger partial charge in [-0.25, -0.2) is 0 Å². The van der Waals surface area contributed by atoms with Crippen LogP contribution in [-0.2, 0) is 16.0 Å². The van der Waals surface area contributed by atoms with E-state index in [4.69, 9.17) is 10.5 Å². The van der Waals surface area contributed by atoms with Crippen molar-refractivity contribution in [3.63, 3.8) is 0 Å². The van der Waals surface area contributed by atoms with Gasteiger partial charge in [0.1, 0.15) is 5.54 Å². The smallest absolute Gasteiger partial charge is 0.247 e. The summed E-state index contributed by atoms with van der Waals surface area (Å²) in [5.41, 5.74) is 7.53. The van der Waals surface area contributed by atoms with Gasteiger partial charge in [-0.2, -0.15) is 0 Å². The Morgan fingerprint density at radius 1 is 1.50 bits per heavy atom. The van der Waals surface area contributed by atoms with Crippen molar-refractivity contribution >= 4 is 27.5 Å². The SMILES string of the molecule is CCOC1CC(N)(C(=O)N2CCc3ccc(Br)cc32)C1(C)C. The number of nitrogens with two attached hydrogens (primary N) is 1. The number of hydrogen-bond donors (Lipinski definition) is 1. The third-order valence-corrected chi connectivity index (χ3v) is 5.89. The number of hydrogen-bond acceptors (Lipinski definition) is 3. The standard InChI is InChI=1S/C17H23BrN2O2/c1-4-22-14-10-17(19,16(14,2)3)15(21)20-8-7-11-5-6-12(18)9-13(11)20/h5-6,9,14H,4,7-8,10,19H2,1-3H3. The summed E-state index contributed by atoms with van der Waals surface area (Å²) in [6, 6.07) is 6.10. The Kier molecular flexibility index (Phi) is 3.86. The maximum absolute atomic E-state index is 13.1. The number of nitrogens with zero attached hydrogens (tertiary/aromatic N) is 1. The van der Waals surface area contributed by atoms with Gasteiger partial charge < -0.3 is 15.4 Å². The monoisotopic (exact) mass is 366 g/mol. The van der Waals surface area contributed by atoms with E-state index in [2.05, 4.69) is 22.0 Å². The minimum absolute atomic E-state index is 0.0188. The molecule has 2 atom stereocenters. The van der Waals surface area contributed by atoms with Crippen molar-refractivity contribution in [1.82, 2.24) is 0 Å². The Labute approximate surface area is 140 Å². The lowest BCUT2D eigenvalue weighted by Crippen LogP contribution is -2.76. The van der Waals surface area contributed by atoms with Gasteiger partial charge in [0, 0.05) is 35.1 Å². The normalized spacial score (nSPS) is 29.1. The summed E-state index contributed by atoms with van der Waals surface area (Å²) in [6.45, 7) is 7.40. The van der Waals surface area contributed by atoms with E-state index in [9.17, 15) is 4.79 Å². The molecule has 0 aromatic heterocycles. The Morgan fingerprint density at radius 2 is 2.23 bits per heavy atom. The van der Waals surface area contributed by atoms with Crippen LogP contribution in [0, 0.1) is 5.41 Å². The molecule has 1 aromatic carbocycles. The first-order valence-electron chi connectivity index (χ1n) is 7.82. The zero-order valence-electron chi connectivity index (χ0n) is 13.4. The van der Waals surface area contributed by atoms with Crippen LogP contribution >= 0.6 is 15.9 Å². The van der Waals surface area contributed by atoms with Gasteiger partial charge in [0.2, 0.25) is 5.91 Å². The van der Waals surface area contributed by atoms with E-state index in [0.29, 0.717) is 19.6 Å². The fourth-order valence-corrected chi connectivity index (χ4v) is 3.95. The molecule has 5 heteroatoms. The topological polar surface area (TPSA) is 55.6 Å². The number of carbonyl (C=O) groups is 1. The van der Waals surface area contributed by atoms with Crippen LogP contribution in [0.4, 0.5) is 5.69 Å². The second-order valence-electron chi connectivity index (χ2n) is 6.82. The van der Waals surface area contributed by atoms with Crippen molar-refractivity contribution in [2.24, 2.45) is 11.1 Å². The lowest BCUT2D eigenvalue weighted by Gasteiger charge is -2.58. The number of halogens is 1. The molecule has 4 nitrogen and oxygen atoms in total. The van der Waals surface area contributed by atoms with Gasteiger partial charge in [-0.15, -0.1) is 0 Å². The molecule has 0 radical (unpaired) electrons. The molecule has 1 amide bonds. The quantitative estimate of drug-likeness (QED) is 0.894. The van der Waals surface area contributed by atoms with Crippen molar-refractivity contribution < 1.29 is 9.53 Å². The summed E-state index contributed by atoms with van der Waals surface area (Å²) in [5.74, 6) is 0.0188. The molecule has 120 valence electrons. The number of fused-ring (bicyclic) bond motifs is 1. The molecule has 1 aliphatic carbocycles. The highest BCUT2D eigenvalue weighted by molar-refractivity contribution is 9.10. The van der Waals surface area contributed by atoms with Crippen LogP contribution in [0.15, 0.2) is 22.7 Å². The summed E-state index contributed by atoms with van der Waals surface area (Å²) in [5, 5.41) is 0. The van der Waals surface area contributed by atoms with Crippen LogP contribution < -0.4 is 10.6 Å². The van der Waals surface area contributed by atoms with Crippen LogP contribution in [0.5, 0.6) is 0 Å². The first kappa shape index (κ1) is 16.0. The van der Waals surface area contributed by atoms with Gasteiger partial charge in [-0.05, 0) is 31.0 Å². The molecule has 2 unspecified atom stereocenters. The summed E-state index contributed by atoms with van der Waals surface area (Å²) >= 11 is 3.49. The second-order valence-corrected chi connectivity index (χ2v) is 7.74. The Balaban J connectivity index is 1.86. The average Bonchev–Trinajstić information content (AvgIpc) is 2.88. The molecule has 1 heterocycles. The van der Waals surface area contributed by atoms with Gasteiger partial charge in [0.15, 0.2) is 0 Å². The summed E-state index contributed by atoms with van der Waals surface area (Å²) < 4.78 is 6.72. The first-order valence-corrected chi connectivity index (χ1v) is 8.61. The Hall–Kier alpha value is -0.910. The van der Waals surface area contributed by atoms with E-state index in [-0.39, 0.29) is 17.4 Å². The lowest BCUT2D eigenvalue weighted by molar-refractivity contribution is -0.168. The van der Waals surface area contributed by atoms with Crippen LogP contribution in [0.2, 0.25) is 0 Å². The van der Waals surface area contributed by atoms with Crippen molar-refractivity contribution in [1.29, 1.82) is 0 Å². The summed E-state index contributed by atoms with van der Waals surface area (Å²) in [4.78, 5) is 15.0. The molecule has 3 rings (SSSR count). The van der Waals surface area contributed by atoms with Crippen LogP contribution in [-0.4, -0.2) is 30.7 Å². The highest BCUT2D eigenvalue weighted by Crippen LogP contribution is 2.51. The number of carbonyl (C=O) groups excluding carboxylic acids is 1. The van der Waals surface area contributed by atoms with Gasteiger partial charge in [0.05, 0.1) is 6.10 Å². The van der Waals surface area contributed by atoms with E-state index in [0.717, 1.165) is 16.6 Å². The molecule has 0 bridgehead atoms. The average molecular weight is 367 g/mol. The van der Waals surface area contributed by atoms with Crippen LogP contribution in [0.1, 0.15) is 32.8 Å². The molecule has 0 spiro atoms. The van der Waals surface area contributed by atoms with Crippen molar-refractivity contribution in [3.05, 3.63) is 28.2 Å². The van der Waals surface area contributed by atoms with Crippen molar-refractivity contribution in [2.45, 2.75) is 45.3 Å². The molecule has 22 heavy (non-hydrogen) atoms. The van der Waals surface area contributed by atoms with Crippen molar-refractivity contribution in [2.75, 3.05) is 18.1 Å². The van der Waals surface area contributed by atoms with Crippen LogP contribution in [0.3, 0.4) is 0 Å². The molecular weight excluding hydrogens is 344 g/mol. The maximum Gasteiger partial charge on any atom is 0.247 e. The molecule has 2 aliphatic rings.